The van der Waals surface area contributed by atoms with Crippen LogP contribution >= 0.6 is 0 Å². The molecule has 0 saturated carbocycles. The highest BCUT2D eigenvalue weighted by Crippen LogP contribution is 2.29. The summed E-state index contributed by atoms with van der Waals surface area (Å²) in [6.07, 6.45) is 8.37. The summed E-state index contributed by atoms with van der Waals surface area (Å²) in [6, 6.07) is 40.5. The van der Waals surface area contributed by atoms with Crippen molar-refractivity contribution in [1.29, 1.82) is 10.5 Å². The van der Waals surface area contributed by atoms with Crippen LogP contribution < -0.4 is 9.47 Å². The maximum Gasteiger partial charge on any atom is 0.343 e. The molecule has 6 nitrogen and oxygen atoms in total. The Bertz CT molecular complexity index is 2210. The molecule has 0 bridgehead atoms. The van der Waals surface area contributed by atoms with Gasteiger partial charge in [0, 0.05) is 23.3 Å². The lowest BCUT2D eigenvalue weighted by molar-refractivity contribution is 0.0724. The predicted molar refractivity (Wildman–Crippen MR) is 211 cm³/mol. The van der Waals surface area contributed by atoms with Crippen molar-refractivity contribution in [3.05, 3.63) is 178 Å². The number of benzene rings is 6. The van der Waals surface area contributed by atoms with Crippen LogP contribution in [-0.4, -0.2) is 11.9 Å². The fourth-order valence-electron chi connectivity index (χ4n) is 6.35. The number of carbonyl (C=O) groups is 2. The van der Waals surface area contributed by atoms with Gasteiger partial charge >= 0.3 is 11.9 Å². The van der Waals surface area contributed by atoms with E-state index in [-0.39, 0.29) is 11.5 Å². The van der Waals surface area contributed by atoms with E-state index in [1.165, 1.54) is 12.1 Å². The average Bonchev–Trinajstić information content (AvgIpc) is 3.22. The summed E-state index contributed by atoms with van der Waals surface area (Å²) < 4.78 is 40.4. The van der Waals surface area contributed by atoms with Crippen LogP contribution in [0.25, 0.3) is 22.3 Å². The highest BCUT2D eigenvalue weighted by Gasteiger charge is 2.14. The lowest BCUT2D eigenvalue weighted by Crippen LogP contribution is -2.08. The Balaban J connectivity index is 0.852. The molecule has 0 heterocycles. The minimum atomic E-state index is -0.557. The second-order valence-corrected chi connectivity index (χ2v) is 13.5. The van der Waals surface area contributed by atoms with Crippen LogP contribution in [0.1, 0.15) is 81.5 Å². The van der Waals surface area contributed by atoms with E-state index in [1.54, 1.807) is 97.1 Å². The number of aryl methyl sites for hydroxylation is 2. The number of hydrogen-bond acceptors (Lipinski definition) is 6. The van der Waals surface area contributed by atoms with Gasteiger partial charge in [0.25, 0.3) is 0 Å². The van der Waals surface area contributed by atoms with Gasteiger partial charge in [-0.3, -0.25) is 0 Å². The van der Waals surface area contributed by atoms with Crippen molar-refractivity contribution >= 4 is 11.9 Å². The highest BCUT2D eigenvalue weighted by molar-refractivity contribution is 5.91. The number of rotatable bonds is 15. The number of hydrogen-bond donors (Lipinski definition) is 0. The van der Waals surface area contributed by atoms with Crippen molar-refractivity contribution in [2.75, 3.05) is 0 Å². The number of esters is 2. The van der Waals surface area contributed by atoms with Gasteiger partial charge in [0.1, 0.15) is 23.1 Å². The second-order valence-electron chi connectivity index (χ2n) is 13.5. The zero-order valence-corrected chi connectivity index (χ0v) is 30.6. The van der Waals surface area contributed by atoms with Crippen LogP contribution in [0.3, 0.4) is 0 Å². The molecule has 6 aromatic rings. The summed E-state index contributed by atoms with van der Waals surface area (Å²) in [5, 5.41) is 17.9. The van der Waals surface area contributed by atoms with Gasteiger partial charge in [0.2, 0.25) is 0 Å². The molecule has 0 spiro atoms. The minimum absolute atomic E-state index is 0.116. The molecular weight excluding hydrogens is 707 g/mol. The topological polar surface area (TPSA) is 100 Å². The molecule has 0 unspecified atom stereocenters. The minimum Gasteiger partial charge on any atom is -0.423 e. The summed E-state index contributed by atoms with van der Waals surface area (Å²) in [7, 11) is 0. The average molecular weight is 745 g/mol. The van der Waals surface area contributed by atoms with E-state index < -0.39 is 23.6 Å². The van der Waals surface area contributed by atoms with Gasteiger partial charge in [-0.25, -0.2) is 18.4 Å². The lowest BCUT2D eigenvalue weighted by atomic mass is 10.0. The Morgan fingerprint density at radius 2 is 0.821 bits per heavy atom. The molecule has 278 valence electrons. The van der Waals surface area contributed by atoms with Gasteiger partial charge in [0.05, 0.1) is 34.4 Å². The quantitative estimate of drug-likeness (QED) is 0.0589. The molecule has 6 aromatic carbocycles. The van der Waals surface area contributed by atoms with E-state index >= 15 is 0 Å². The van der Waals surface area contributed by atoms with Gasteiger partial charge in [-0.15, -0.1) is 0 Å². The summed E-state index contributed by atoms with van der Waals surface area (Å²) in [5.41, 5.74) is 5.99. The van der Waals surface area contributed by atoms with Crippen molar-refractivity contribution in [2.45, 2.75) is 51.4 Å². The third kappa shape index (κ3) is 10.4. The predicted octanol–water partition coefficient (Wildman–Crippen LogP) is 11.6. The number of carbonyl (C=O) groups excluding carboxylic acids is 2. The summed E-state index contributed by atoms with van der Waals surface area (Å²) in [4.78, 5) is 25.4. The van der Waals surface area contributed by atoms with Gasteiger partial charge in [0.15, 0.2) is 0 Å². The number of nitriles is 2. The molecule has 0 N–H and O–H groups in total. The first kappa shape index (κ1) is 38.8. The molecule has 0 amide bonds. The normalized spacial score (nSPS) is 10.6. The number of halogens is 2. The molecule has 8 heteroatoms. The van der Waals surface area contributed by atoms with Gasteiger partial charge < -0.3 is 9.47 Å². The van der Waals surface area contributed by atoms with Crippen molar-refractivity contribution in [3.8, 4) is 45.9 Å². The Morgan fingerprint density at radius 1 is 0.464 bits per heavy atom. The van der Waals surface area contributed by atoms with E-state index in [0.29, 0.717) is 44.5 Å². The molecule has 0 aliphatic rings. The van der Waals surface area contributed by atoms with E-state index in [4.69, 9.17) is 20.0 Å². The SMILES string of the molecule is N#Cc1ccc(-c2ccc(OC(=O)c3ccc(CCCCCCCCc4ccc(C(=O)Oc5ccc(-c6ccc(C#N)cc6)c(F)c5)cc4)cc3)cc2F)cc1. The third-order valence-electron chi connectivity index (χ3n) is 9.51. The van der Waals surface area contributed by atoms with E-state index in [2.05, 4.69) is 0 Å². The molecule has 0 aliphatic heterocycles. The van der Waals surface area contributed by atoms with Crippen LogP contribution in [0.15, 0.2) is 133 Å². The lowest BCUT2D eigenvalue weighted by Gasteiger charge is -2.09. The molecule has 0 radical (unpaired) electrons. The first-order valence-electron chi connectivity index (χ1n) is 18.5. The van der Waals surface area contributed by atoms with Crippen LogP contribution in [-0.2, 0) is 12.8 Å². The number of unbranched alkanes of at least 4 members (excludes halogenated alkanes) is 5. The molecule has 6 rings (SSSR count). The Labute approximate surface area is 325 Å². The zero-order chi connectivity index (χ0) is 39.3. The largest absolute Gasteiger partial charge is 0.423 e. The highest BCUT2D eigenvalue weighted by atomic mass is 19.1. The van der Waals surface area contributed by atoms with Gasteiger partial charge in [-0.2, -0.15) is 10.5 Å². The maximum atomic E-state index is 14.8. The molecule has 0 aromatic heterocycles. The number of nitrogens with zero attached hydrogens (tertiary/aromatic N) is 2. The summed E-state index contributed by atoms with van der Waals surface area (Å²) in [5.74, 6) is -1.93. The molecule has 0 fully saturated rings. The standard InChI is InChI=1S/C48H38F2N2O4/c49-45-29-41(25-27-43(45)37-17-13-35(31-51)14-18-37)55-47(53)39-21-9-33(10-22-39)7-5-3-1-2-4-6-8-34-11-23-40(24-12-34)48(54)56-42-26-28-44(46(50)30-42)38-19-15-36(32-52)16-20-38/h9-30H,1-8H2. The molecule has 0 saturated heterocycles. The molecule has 0 aliphatic carbocycles. The van der Waals surface area contributed by atoms with Crippen molar-refractivity contribution in [2.24, 2.45) is 0 Å². The third-order valence-corrected chi connectivity index (χ3v) is 9.51. The van der Waals surface area contributed by atoms with Crippen molar-refractivity contribution in [3.63, 3.8) is 0 Å². The van der Waals surface area contributed by atoms with Crippen LogP contribution in [0.5, 0.6) is 11.5 Å². The smallest absolute Gasteiger partial charge is 0.343 e. The monoisotopic (exact) mass is 744 g/mol. The molecule has 0 atom stereocenters. The number of ether oxygens (including phenoxy) is 2. The van der Waals surface area contributed by atoms with Gasteiger partial charge in [-0.1, -0.05) is 74.2 Å². The van der Waals surface area contributed by atoms with E-state index in [9.17, 15) is 18.4 Å². The molecular formula is C48H38F2N2O4. The fraction of sp³-hybridized carbons (Fsp3) is 0.167. The Morgan fingerprint density at radius 3 is 1.16 bits per heavy atom. The van der Waals surface area contributed by atoms with E-state index in [1.807, 2.05) is 36.4 Å². The second kappa shape index (κ2) is 18.9. The zero-order valence-electron chi connectivity index (χ0n) is 30.6. The van der Waals surface area contributed by atoms with Gasteiger partial charge in [-0.05, 0) is 121 Å². The van der Waals surface area contributed by atoms with Crippen molar-refractivity contribution in [1.82, 2.24) is 0 Å². The molecule has 56 heavy (non-hydrogen) atoms. The first-order chi connectivity index (χ1) is 27.3. The van der Waals surface area contributed by atoms with E-state index in [0.717, 1.165) is 62.5 Å². The summed E-state index contributed by atoms with van der Waals surface area (Å²) in [6.45, 7) is 0. The maximum absolute atomic E-state index is 14.8. The van der Waals surface area contributed by atoms with Crippen LogP contribution in [0.2, 0.25) is 0 Å². The Hall–Kier alpha value is -6.90. The van der Waals surface area contributed by atoms with Crippen LogP contribution in [0, 0.1) is 34.3 Å². The Kier molecular flexibility index (Phi) is 13.1. The summed E-state index contributed by atoms with van der Waals surface area (Å²) >= 11 is 0. The van der Waals surface area contributed by atoms with Crippen molar-refractivity contribution < 1.29 is 27.8 Å². The van der Waals surface area contributed by atoms with Crippen LogP contribution in [0.4, 0.5) is 8.78 Å². The first-order valence-corrected chi connectivity index (χ1v) is 18.5. The fourth-order valence-corrected chi connectivity index (χ4v) is 6.35.